The van der Waals surface area contributed by atoms with Crippen molar-refractivity contribution in [2.24, 2.45) is 5.92 Å². The molecule has 27 heavy (non-hydrogen) atoms. The predicted octanol–water partition coefficient (Wildman–Crippen LogP) is 2.24. The van der Waals surface area contributed by atoms with E-state index in [1.54, 1.807) is 6.07 Å². The second-order valence-electron chi connectivity index (χ2n) is 6.71. The molecule has 4 heterocycles. The zero-order chi connectivity index (χ0) is 17.1. The first-order valence-corrected chi connectivity index (χ1v) is 8.73. The Balaban J connectivity index is 0.00000131. The average Bonchev–Trinajstić information content (AvgIpc) is 3.33. The molecule has 1 amide bonds. The minimum atomic E-state index is -0.256. The Labute approximate surface area is 170 Å². The zero-order valence-electron chi connectivity index (χ0n) is 14.9. The third-order valence-electron chi connectivity index (χ3n) is 4.95. The molecule has 0 radical (unpaired) electrons. The summed E-state index contributed by atoms with van der Waals surface area (Å²) in [5.74, 6) is 0.621. The molecule has 0 aliphatic carbocycles. The quantitative estimate of drug-likeness (QED) is 0.807. The number of carbonyl (C=O) groups excluding carboxylic acids is 1. The number of carbonyl (C=O) groups is 1. The summed E-state index contributed by atoms with van der Waals surface area (Å²) >= 11 is 0. The van der Waals surface area contributed by atoms with Gasteiger partial charge in [-0.1, -0.05) is 5.16 Å². The minimum absolute atomic E-state index is 0. The first-order valence-electron chi connectivity index (χ1n) is 8.73. The summed E-state index contributed by atoms with van der Waals surface area (Å²) in [5, 5.41) is 6.43. The maximum absolute atomic E-state index is 12.0. The zero-order valence-corrected chi connectivity index (χ0v) is 16.6. The molecule has 0 bridgehead atoms. The molecule has 1 N–H and O–H groups in total. The van der Waals surface area contributed by atoms with Crippen molar-refractivity contribution < 1.29 is 14.1 Å². The Morgan fingerprint density at radius 3 is 2.96 bits per heavy atom. The number of pyridine rings is 1. The van der Waals surface area contributed by atoms with Crippen molar-refractivity contribution in [3.63, 3.8) is 0 Å². The number of rotatable bonds is 5. The van der Waals surface area contributed by atoms with Gasteiger partial charge >= 0.3 is 0 Å². The van der Waals surface area contributed by atoms with Crippen molar-refractivity contribution >= 4 is 30.7 Å². The lowest BCUT2D eigenvalue weighted by Crippen LogP contribution is -2.35. The van der Waals surface area contributed by atoms with Gasteiger partial charge in [0.2, 0.25) is 5.76 Å². The molecular formula is C18H24Cl2N4O3. The number of hydrogen-bond donors (Lipinski definition) is 1. The molecule has 1 unspecified atom stereocenters. The molecule has 7 nitrogen and oxygen atoms in total. The van der Waals surface area contributed by atoms with Gasteiger partial charge in [-0.05, 0) is 35.4 Å². The smallest absolute Gasteiger partial charge is 0.290 e. The topological polar surface area (TPSA) is 80.5 Å². The normalized spacial score (nSPS) is 18.9. The van der Waals surface area contributed by atoms with Crippen LogP contribution in [0.5, 0.6) is 0 Å². The van der Waals surface area contributed by atoms with Gasteiger partial charge in [0.25, 0.3) is 5.91 Å². The Bertz CT molecular complexity index is 736. The Hall–Kier alpha value is -1.67. The molecule has 1 atom stereocenters. The van der Waals surface area contributed by atoms with Crippen molar-refractivity contribution in [3.05, 3.63) is 47.1 Å². The number of fused-ring (bicyclic) bond motifs is 1. The summed E-state index contributed by atoms with van der Waals surface area (Å²) in [5.41, 5.74) is 3.65. The average molecular weight is 415 g/mol. The van der Waals surface area contributed by atoms with E-state index < -0.39 is 0 Å². The van der Waals surface area contributed by atoms with Gasteiger partial charge in [0.1, 0.15) is 0 Å². The van der Waals surface area contributed by atoms with E-state index in [9.17, 15) is 4.79 Å². The van der Waals surface area contributed by atoms with Crippen LogP contribution >= 0.6 is 24.8 Å². The fourth-order valence-electron chi connectivity index (χ4n) is 3.62. The van der Waals surface area contributed by atoms with Crippen molar-refractivity contribution in [1.29, 1.82) is 0 Å². The summed E-state index contributed by atoms with van der Waals surface area (Å²) < 4.78 is 10.4. The van der Waals surface area contributed by atoms with Crippen LogP contribution in [0.2, 0.25) is 0 Å². The van der Waals surface area contributed by atoms with Gasteiger partial charge in [0.05, 0.1) is 12.8 Å². The molecule has 4 rings (SSSR count). The van der Waals surface area contributed by atoms with Crippen LogP contribution in [0.25, 0.3) is 0 Å². The van der Waals surface area contributed by atoms with Gasteiger partial charge in [-0.15, -0.1) is 24.8 Å². The van der Waals surface area contributed by atoms with Crippen LogP contribution in [0.3, 0.4) is 0 Å². The molecule has 2 aromatic rings. The highest BCUT2D eigenvalue weighted by molar-refractivity contribution is 5.91. The Kier molecular flexibility index (Phi) is 8.04. The van der Waals surface area contributed by atoms with Gasteiger partial charge in [-0.25, -0.2) is 0 Å². The van der Waals surface area contributed by atoms with Crippen LogP contribution < -0.4 is 5.32 Å². The van der Waals surface area contributed by atoms with Crippen LogP contribution in [0.15, 0.2) is 29.2 Å². The highest BCUT2D eigenvalue weighted by Crippen LogP contribution is 2.24. The summed E-state index contributed by atoms with van der Waals surface area (Å²) in [4.78, 5) is 18.9. The predicted molar refractivity (Wildman–Crippen MR) is 104 cm³/mol. The van der Waals surface area contributed by atoms with Gasteiger partial charge in [0.15, 0.2) is 0 Å². The molecule has 1 fully saturated rings. The summed E-state index contributed by atoms with van der Waals surface area (Å²) in [6.45, 7) is 5.28. The van der Waals surface area contributed by atoms with E-state index in [-0.39, 0.29) is 36.5 Å². The lowest BCUT2D eigenvalue weighted by molar-refractivity contribution is 0.0913. The molecule has 2 aliphatic rings. The van der Waals surface area contributed by atoms with E-state index in [1.165, 1.54) is 17.3 Å². The van der Waals surface area contributed by atoms with Gasteiger partial charge in [-0.3, -0.25) is 14.7 Å². The maximum Gasteiger partial charge on any atom is 0.290 e. The minimum Gasteiger partial charge on any atom is -0.381 e. The molecule has 0 aromatic carbocycles. The van der Waals surface area contributed by atoms with Crippen LogP contribution in [0.4, 0.5) is 0 Å². The van der Waals surface area contributed by atoms with Crippen molar-refractivity contribution in [3.8, 4) is 0 Å². The molecule has 0 saturated carbocycles. The van der Waals surface area contributed by atoms with Crippen LogP contribution in [0, 0.1) is 5.92 Å². The lowest BCUT2D eigenvalue weighted by Gasteiger charge is -2.31. The standard InChI is InChI=1S/C18H22N4O3.2ClH/c23-18(17-1-4-21-25-17)20-9-14-7-19-8-15-11-22(5-2-16(14)15)10-13-3-6-24-12-13;;/h1,4,7-8,13H,2-3,5-6,9-12H2,(H,20,23);2*1H. The highest BCUT2D eigenvalue weighted by Gasteiger charge is 2.24. The molecular weight excluding hydrogens is 391 g/mol. The SMILES string of the molecule is Cl.Cl.O=C(NCc1cncc2c1CCN(CC1CCOC1)C2)c1ccno1. The van der Waals surface area contributed by atoms with E-state index in [1.807, 2.05) is 12.4 Å². The monoisotopic (exact) mass is 414 g/mol. The van der Waals surface area contributed by atoms with Crippen LogP contribution in [-0.4, -0.2) is 47.3 Å². The van der Waals surface area contributed by atoms with Crippen molar-refractivity contribution in [2.45, 2.75) is 25.9 Å². The number of ether oxygens (including phenoxy) is 1. The lowest BCUT2D eigenvalue weighted by atomic mass is 9.96. The molecule has 1 saturated heterocycles. The first-order chi connectivity index (χ1) is 12.3. The van der Waals surface area contributed by atoms with Gasteiger partial charge < -0.3 is 14.6 Å². The Morgan fingerprint density at radius 2 is 2.22 bits per heavy atom. The molecule has 148 valence electrons. The van der Waals surface area contributed by atoms with Gasteiger partial charge in [-0.2, -0.15) is 0 Å². The molecule has 2 aliphatic heterocycles. The fraction of sp³-hybridized carbons (Fsp3) is 0.500. The van der Waals surface area contributed by atoms with E-state index in [4.69, 9.17) is 9.26 Å². The maximum atomic E-state index is 12.0. The third kappa shape index (κ3) is 5.19. The number of nitrogens with one attached hydrogen (secondary N) is 1. The number of nitrogens with zero attached hydrogens (tertiary/aromatic N) is 3. The largest absolute Gasteiger partial charge is 0.381 e. The number of halogens is 2. The Morgan fingerprint density at radius 1 is 1.33 bits per heavy atom. The second kappa shape index (κ2) is 10.0. The second-order valence-corrected chi connectivity index (χ2v) is 6.71. The van der Waals surface area contributed by atoms with Gasteiger partial charge in [0, 0.05) is 51.2 Å². The summed E-state index contributed by atoms with van der Waals surface area (Å²) in [7, 11) is 0. The third-order valence-corrected chi connectivity index (χ3v) is 4.95. The van der Waals surface area contributed by atoms with Crippen molar-refractivity contribution in [1.82, 2.24) is 20.4 Å². The van der Waals surface area contributed by atoms with E-state index in [0.29, 0.717) is 12.5 Å². The van der Waals surface area contributed by atoms with E-state index in [0.717, 1.165) is 51.3 Å². The molecule has 0 spiro atoms. The molecule has 2 aromatic heterocycles. The van der Waals surface area contributed by atoms with Crippen LogP contribution in [-0.2, 0) is 24.2 Å². The highest BCUT2D eigenvalue weighted by atomic mass is 35.5. The first kappa shape index (κ1) is 21.6. The number of amides is 1. The number of hydrogen-bond acceptors (Lipinski definition) is 6. The molecule has 9 heteroatoms. The summed E-state index contributed by atoms with van der Waals surface area (Å²) in [6, 6.07) is 1.55. The van der Waals surface area contributed by atoms with Crippen LogP contribution in [0.1, 0.15) is 33.7 Å². The summed E-state index contributed by atoms with van der Waals surface area (Å²) in [6.07, 6.45) is 7.41. The van der Waals surface area contributed by atoms with E-state index >= 15 is 0 Å². The van der Waals surface area contributed by atoms with Crippen molar-refractivity contribution in [2.75, 3.05) is 26.3 Å². The van der Waals surface area contributed by atoms with E-state index in [2.05, 4.69) is 20.4 Å². The fourth-order valence-corrected chi connectivity index (χ4v) is 3.62. The number of aromatic nitrogens is 2.